The Morgan fingerprint density at radius 3 is 3.00 bits per heavy atom. The lowest BCUT2D eigenvalue weighted by Gasteiger charge is -2.06. The van der Waals surface area contributed by atoms with Gasteiger partial charge in [0, 0.05) is 13.0 Å². The number of hydrogen-bond donors (Lipinski definition) is 2. The van der Waals surface area contributed by atoms with Crippen LogP contribution in [0.4, 0.5) is 0 Å². The minimum absolute atomic E-state index is 0.303. The Balaban J connectivity index is 2.33. The third-order valence-corrected chi connectivity index (χ3v) is 1.89. The number of carbonyl (C=O) groups is 1. The molecule has 0 heterocycles. The van der Waals surface area contributed by atoms with E-state index < -0.39 is 0 Å². The van der Waals surface area contributed by atoms with Gasteiger partial charge < -0.3 is 16.2 Å². The first-order valence-electron chi connectivity index (χ1n) is 4.84. The normalized spacial score (nSPS) is 9.93. The van der Waals surface area contributed by atoms with Crippen LogP contribution in [0, 0.1) is 6.07 Å². The van der Waals surface area contributed by atoms with Crippen molar-refractivity contribution in [1.29, 1.82) is 0 Å². The van der Waals surface area contributed by atoms with Gasteiger partial charge in [-0.2, -0.15) is 0 Å². The molecule has 15 heavy (non-hydrogen) atoms. The van der Waals surface area contributed by atoms with Crippen LogP contribution in [0.1, 0.15) is 18.4 Å². The third kappa shape index (κ3) is 4.46. The van der Waals surface area contributed by atoms with E-state index >= 15 is 0 Å². The molecule has 4 heteroatoms. The van der Waals surface area contributed by atoms with Gasteiger partial charge >= 0.3 is 0 Å². The summed E-state index contributed by atoms with van der Waals surface area (Å²) in [4.78, 5) is 10.5. The molecule has 0 aliphatic heterocycles. The maximum Gasteiger partial charge on any atom is 0.217 e. The van der Waals surface area contributed by atoms with Crippen molar-refractivity contribution in [1.82, 2.24) is 0 Å². The summed E-state index contributed by atoms with van der Waals surface area (Å²) in [6, 6.07) is 8.40. The van der Waals surface area contributed by atoms with Gasteiger partial charge in [0.1, 0.15) is 5.75 Å². The fourth-order valence-electron chi connectivity index (χ4n) is 1.14. The molecule has 1 aromatic carbocycles. The standard InChI is InChI=1S/C11H15N2O2/c12-8-9-3-1-4-10(7-9)15-6-2-5-11(13)14/h1,4,7H,2,5-6,8,12H2,(H2,13,14). The van der Waals surface area contributed by atoms with Crippen LogP contribution in [-0.4, -0.2) is 12.5 Å². The molecule has 0 unspecified atom stereocenters. The molecule has 0 atom stereocenters. The molecular formula is C11H15N2O2. The average molecular weight is 207 g/mol. The fourth-order valence-corrected chi connectivity index (χ4v) is 1.14. The van der Waals surface area contributed by atoms with Crippen molar-refractivity contribution < 1.29 is 9.53 Å². The van der Waals surface area contributed by atoms with Crippen molar-refractivity contribution in [3.8, 4) is 5.75 Å². The molecule has 1 radical (unpaired) electrons. The predicted octanol–water partition coefficient (Wildman–Crippen LogP) is 0.590. The van der Waals surface area contributed by atoms with Crippen LogP contribution >= 0.6 is 0 Å². The van der Waals surface area contributed by atoms with E-state index in [1.54, 1.807) is 6.07 Å². The minimum Gasteiger partial charge on any atom is -0.494 e. The van der Waals surface area contributed by atoms with Gasteiger partial charge in [0.25, 0.3) is 0 Å². The predicted molar refractivity (Wildman–Crippen MR) is 57.1 cm³/mol. The lowest BCUT2D eigenvalue weighted by molar-refractivity contribution is -0.118. The van der Waals surface area contributed by atoms with Crippen LogP contribution in [0.2, 0.25) is 0 Å². The van der Waals surface area contributed by atoms with Gasteiger partial charge in [-0.25, -0.2) is 0 Å². The Hall–Kier alpha value is -1.55. The van der Waals surface area contributed by atoms with Crippen LogP contribution in [0.25, 0.3) is 0 Å². The summed E-state index contributed by atoms with van der Waals surface area (Å²) in [6.07, 6.45) is 0.981. The van der Waals surface area contributed by atoms with E-state index in [4.69, 9.17) is 16.2 Å². The first-order chi connectivity index (χ1) is 7.22. The maximum atomic E-state index is 10.5. The SMILES string of the molecule is NCc1[c]ccc(OCCCC(N)=O)c1. The lowest BCUT2D eigenvalue weighted by atomic mass is 10.2. The van der Waals surface area contributed by atoms with Crippen LogP contribution in [0.15, 0.2) is 18.2 Å². The van der Waals surface area contributed by atoms with E-state index in [0.717, 1.165) is 11.3 Å². The van der Waals surface area contributed by atoms with Gasteiger partial charge in [-0.1, -0.05) is 6.07 Å². The van der Waals surface area contributed by atoms with Crippen molar-refractivity contribution in [2.45, 2.75) is 19.4 Å². The minimum atomic E-state index is -0.303. The van der Waals surface area contributed by atoms with Gasteiger partial charge in [0.2, 0.25) is 5.91 Å². The second-order valence-electron chi connectivity index (χ2n) is 3.17. The highest BCUT2D eigenvalue weighted by Crippen LogP contribution is 2.12. The highest BCUT2D eigenvalue weighted by molar-refractivity contribution is 5.73. The molecule has 0 aromatic heterocycles. The molecule has 0 aliphatic rings. The second kappa shape index (κ2) is 6.03. The zero-order valence-electron chi connectivity index (χ0n) is 8.53. The zero-order chi connectivity index (χ0) is 11.1. The Bertz CT molecular complexity index is 326. The Kier molecular flexibility index (Phi) is 4.63. The van der Waals surface area contributed by atoms with E-state index in [0.29, 0.717) is 26.0 Å². The molecule has 4 nitrogen and oxygen atoms in total. The Morgan fingerprint density at radius 2 is 2.33 bits per heavy atom. The van der Waals surface area contributed by atoms with Gasteiger partial charge in [-0.15, -0.1) is 0 Å². The third-order valence-electron chi connectivity index (χ3n) is 1.89. The molecule has 0 saturated carbocycles. The quantitative estimate of drug-likeness (QED) is 0.670. The number of amides is 1. The first-order valence-corrected chi connectivity index (χ1v) is 4.84. The lowest BCUT2D eigenvalue weighted by Crippen LogP contribution is -2.11. The average Bonchev–Trinajstić information content (AvgIpc) is 2.24. The number of nitrogens with two attached hydrogens (primary N) is 2. The zero-order valence-corrected chi connectivity index (χ0v) is 8.53. The number of carbonyl (C=O) groups excluding carboxylic acids is 1. The largest absolute Gasteiger partial charge is 0.494 e. The van der Waals surface area contributed by atoms with Gasteiger partial charge in [-0.05, 0) is 30.2 Å². The second-order valence-corrected chi connectivity index (χ2v) is 3.17. The molecular weight excluding hydrogens is 192 g/mol. The molecule has 0 fully saturated rings. The molecule has 1 amide bonds. The van der Waals surface area contributed by atoms with Crippen LogP contribution in [-0.2, 0) is 11.3 Å². The van der Waals surface area contributed by atoms with Crippen LogP contribution in [0.5, 0.6) is 5.75 Å². The number of benzene rings is 1. The molecule has 0 spiro atoms. The van der Waals surface area contributed by atoms with Gasteiger partial charge in [-0.3, -0.25) is 4.79 Å². The Morgan fingerprint density at radius 1 is 1.53 bits per heavy atom. The summed E-state index contributed by atoms with van der Waals surface area (Å²) in [5.41, 5.74) is 11.4. The number of rotatable bonds is 6. The summed E-state index contributed by atoms with van der Waals surface area (Å²) in [6.45, 7) is 0.926. The van der Waals surface area contributed by atoms with Crippen molar-refractivity contribution in [2.75, 3.05) is 6.61 Å². The molecule has 0 aliphatic carbocycles. The summed E-state index contributed by atoms with van der Waals surface area (Å²) >= 11 is 0. The molecule has 81 valence electrons. The summed E-state index contributed by atoms with van der Waals surface area (Å²) in [5, 5.41) is 0. The van der Waals surface area contributed by atoms with Gasteiger partial charge in [0.05, 0.1) is 6.61 Å². The summed E-state index contributed by atoms with van der Waals surface area (Å²) < 4.78 is 5.42. The Labute approximate surface area is 89.2 Å². The van der Waals surface area contributed by atoms with Crippen molar-refractivity contribution >= 4 is 5.91 Å². The topological polar surface area (TPSA) is 78.3 Å². The number of ether oxygens (including phenoxy) is 1. The van der Waals surface area contributed by atoms with E-state index in [2.05, 4.69) is 6.07 Å². The van der Waals surface area contributed by atoms with E-state index in [1.165, 1.54) is 0 Å². The first kappa shape index (κ1) is 11.5. The van der Waals surface area contributed by atoms with Crippen LogP contribution < -0.4 is 16.2 Å². The molecule has 4 N–H and O–H groups in total. The van der Waals surface area contributed by atoms with Gasteiger partial charge in [0.15, 0.2) is 0 Å². The molecule has 0 saturated heterocycles. The summed E-state index contributed by atoms with van der Waals surface area (Å²) in [5.74, 6) is 0.446. The van der Waals surface area contributed by atoms with E-state index in [1.807, 2.05) is 12.1 Å². The molecule has 1 aromatic rings. The van der Waals surface area contributed by atoms with E-state index in [9.17, 15) is 4.79 Å². The van der Waals surface area contributed by atoms with Crippen molar-refractivity contribution in [3.05, 3.63) is 29.8 Å². The highest BCUT2D eigenvalue weighted by atomic mass is 16.5. The molecule has 1 rings (SSSR count). The highest BCUT2D eigenvalue weighted by Gasteiger charge is 1.97. The van der Waals surface area contributed by atoms with Crippen LogP contribution in [0.3, 0.4) is 0 Å². The van der Waals surface area contributed by atoms with Crippen molar-refractivity contribution in [2.24, 2.45) is 11.5 Å². The van der Waals surface area contributed by atoms with Crippen molar-refractivity contribution in [3.63, 3.8) is 0 Å². The summed E-state index contributed by atoms with van der Waals surface area (Å²) in [7, 11) is 0. The fraction of sp³-hybridized carbons (Fsp3) is 0.364. The number of primary amides is 1. The van der Waals surface area contributed by atoms with E-state index in [-0.39, 0.29) is 5.91 Å². The number of hydrogen-bond acceptors (Lipinski definition) is 3. The molecule has 0 bridgehead atoms. The monoisotopic (exact) mass is 207 g/mol. The smallest absolute Gasteiger partial charge is 0.217 e. The maximum absolute atomic E-state index is 10.5.